The van der Waals surface area contributed by atoms with Gasteiger partial charge in [-0.15, -0.1) is 0 Å². The third kappa shape index (κ3) is 3.07. The van der Waals surface area contributed by atoms with Gasteiger partial charge in [0.2, 0.25) is 0 Å². The number of carbonyl (C=O) groups excluding carboxylic acids is 1. The Kier molecular flexibility index (Phi) is 3.90. The van der Waals surface area contributed by atoms with Crippen LogP contribution in [0.4, 0.5) is 5.69 Å². The average molecular weight is 294 g/mol. The number of hydrogen-bond donors (Lipinski definition) is 0. The molecule has 0 saturated carbocycles. The minimum absolute atomic E-state index is 0.108. The minimum atomic E-state index is -0.593. The molecule has 0 bridgehead atoms. The lowest BCUT2D eigenvalue weighted by atomic mass is 10.1. The van der Waals surface area contributed by atoms with Crippen LogP contribution in [-0.2, 0) is 6.54 Å². The van der Waals surface area contributed by atoms with E-state index in [-0.39, 0.29) is 28.6 Å². The van der Waals surface area contributed by atoms with Crippen molar-refractivity contribution in [2.75, 3.05) is 0 Å². The number of rotatable bonds is 4. The molecule has 8 heteroatoms. The van der Waals surface area contributed by atoms with E-state index >= 15 is 0 Å². The van der Waals surface area contributed by atoms with Crippen molar-refractivity contribution in [1.29, 1.82) is 0 Å². The Bertz CT molecular complexity index is 724. The Morgan fingerprint density at radius 2 is 2.00 bits per heavy atom. The number of nitro benzene ring substituents is 1. The molecule has 1 aromatic carbocycles. The maximum atomic E-state index is 12.0. The van der Waals surface area contributed by atoms with Crippen LogP contribution in [0.2, 0.25) is 5.02 Å². The van der Waals surface area contributed by atoms with Crippen molar-refractivity contribution in [3.63, 3.8) is 0 Å². The van der Waals surface area contributed by atoms with E-state index < -0.39 is 10.6 Å². The molecule has 0 atom stereocenters. The molecule has 1 aromatic heterocycles. The average Bonchev–Trinajstić information content (AvgIpc) is 2.43. The highest BCUT2D eigenvalue weighted by Gasteiger charge is 2.11. The van der Waals surface area contributed by atoms with Crippen LogP contribution in [0, 0.1) is 10.1 Å². The normalized spacial score (nSPS) is 10.2. The van der Waals surface area contributed by atoms with Gasteiger partial charge in [0.15, 0.2) is 5.78 Å². The highest BCUT2D eigenvalue weighted by molar-refractivity contribution is 6.30. The zero-order valence-corrected chi connectivity index (χ0v) is 10.8. The van der Waals surface area contributed by atoms with E-state index in [9.17, 15) is 19.7 Å². The van der Waals surface area contributed by atoms with E-state index in [0.29, 0.717) is 0 Å². The van der Waals surface area contributed by atoms with Gasteiger partial charge in [-0.3, -0.25) is 19.5 Å². The van der Waals surface area contributed by atoms with Crippen LogP contribution in [0.5, 0.6) is 0 Å². The van der Waals surface area contributed by atoms with Crippen molar-refractivity contribution in [1.82, 2.24) is 9.55 Å². The molecule has 0 saturated heterocycles. The van der Waals surface area contributed by atoms with Crippen molar-refractivity contribution in [2.45, 2.75) is 6.54 Å². The van der Waals surface area contributed by atoms with Crippen LogP contribution in [0.15, 0.2) is 41.5 Å². The molecule has 0 aliphatic heterocycles. The molecule has 20 heavy (non-hydrogen) atoms. The van der Waals surface area contributed by atoms with Gasteiger partial charge in [-0.05, 0) is 12.1 Å². The molecule has 0 fully saturated rings. The second-order valence-corrected chi connectivity index (χ2v) is 4.35. The number of Topliss-reactive ketones (excluding diaryl/α,β-unsaturated/α-hetero) is 1. The predicted octanol–water partition coefficient (Wildman–Crippen LogP) is 1.69. The van der Waals surface area contributed by atoms with E-state index in [1.165, 1.54) is 36.7 Å². The second-order valence-electron chi connectivity index (χ2n) is 3.91. The van der Waals surface area contributed by atoms with Crippen molar-refractivity contribution < 1.29 is 9.72 Å². The smallest absolute Gasteiger partial charge is 0.292 e. The topological polar surface area (TPSA) is 95.1 Å². The lowest BCUT2D eigenvalue weighted by Gasteiger charge is -2.04. The van der Waals surface area contributed by atoms with Crippen molar-refractivity contribution in [2.24, 2.45) is 0 Å². The van der Waals surface area contributed by atoms with E-state index in [0.717, 1.165) is 4.57 Å². The van der Waals surface area contributed by atoms with Crippen molar-refractivity contribution in [3.05, 3.63) is 67.8 Å². The maximum absolute atomic E-state index is 12.0. The summed E-state index contributed by atoms with van der Waals surface area (Å²) in [6.07, 6.45) is 2.50. The molecule has 0 N–H and O–H groups in total. The number of aromatic nitrogens is 2. The molecule has 0 aliphatic carbocycles. The molecule has 0 radical (unpaired) electrons. The summed E-state index contributed by atoms with van der Waals surface area (Å²) in [6.45, 7) is -0.232. The molecule has 0 spiro atoms. The molecule has 0 amide bonds. The zero-order chi connectivity index (χ0) is 14.7. The van der Waals surface area contributed by atoms with Crippen LogP contribution in [0.3, 0.4) is 0 Å². The summed E-state index contributed by atoms with van der Waals surface area (Å²) in [5.74, 6) is -0.369. The highest BCUT2D eigenvalue weighted by atomic mass is 35.5. The van der Waals surface area contributed by atoms with Crippen LogP contribution in [0.25, 0.3) is 0 Å². The standard InChI is InChI=1S/C12H8ClN3O4/c13-9-5-14-12(18)15(6-9)7-11(17)8-1-3-10(4-2-8)16(19)20/h1-6H,7H2. The van der Waals surface area contributed by atoms with Crippen LogP contribution in [-0.4, -0.2) is 20.3 Å². The fraction of sp³-hybridized carbons (Fsp3) is 0.0833. The number of ketones is 1. The number of nitrogens with zero attached hydrogens (tertiary/aromatic N) is 3. The number of non-ortho nitro benzene ring substituents is 1. The van der Waals surface area contributed by atoms with Gasteiger partial charge in [-0.1, -0.05) is 11.6 Å². The van der Waals surface area contributed by atoms with E-state index in [4.69, 9.17) is 11.6 Å². The SMILES string of the molecule is O=C(Cn1cc(Cl)cnc1=O)c1ccc([N+](=O)[O-])cc1. The van der Waals surface area contributed by atoms with Crippen molar-refractivity contribution in [3.8, 4) is 0 Å². The van der Waals surface area contributed by atoms with Gasteiger partial charge in [0.25, 0.3) is 5.69 Å². The number of nitro groups is 1. The van der Waals surface area contributed by atoms with Crippen LogP contribution in [0.1, 0.15) is 10.4 Å². The lowest BCUT2D eigenvalue weighted by Crippen LogP contribution is -2.25. The Morgan fingerprint density at radius 3 is 2.60 bits per heavy atom. The second kappa shape index (κ2) is 5.62. The Labute approximate surface area is 117 Å². The quantitative estimate of drug-likeness (QED) is 0.485. The van der Waals surface area contributed by atoms with E-state index in [1.54, 1.807) is 0 Å². The first-order valence-corrected chi connectivity index (χ1v) is 5.85. The number of carbonyl (C=O) groups is 1. The molecule has 2 aromatic rings. The summed E-state index contributed by atoms with van der Waals surface area (Å²) in [6, 6.07) is 5.13. The fourth-order valence-electron chi connectivity index (χ4n) is 1.56. The molecule has 0 aliphatic rings. The third-order valence-corrected chi connectivity index (χ3v) is 2.73. The zero-order valence-electron chi connectivity index (χ0n) is 10.0. The van der Waals surface area contributed by atoms with E-state index in [1.807, 2.05) is 0 Å². The Morgan fingerprint density at radius 1 is 1.35 bits per heavy atom. The van der Waals surface area contributed by atoms with Gasteiger partial charge in [-0.25, -0.2) is 9.78 Å². The molecule has 102 valence electrons. The molecule has 0 unspecified atom stereocenters. The Hall–Kier alpha value is -2.54. The van der Waals surface area contributed by atoms with Crippen molar-refractivity contribution >= 4 is 23.1 Å². The largest absolute Gasteiger partial charge is 0.348 e. The number of benzene rings is 1. The number of hydrogen-bond acceptors (Lipinski definition) is 5. The predicted molar refractivity (Wildman–Crippen MR) is 70.9 cm³/mol. The first-order chi connectivity index (χ1) is 9.47. The summed E-state index contributed by atoms with van der Waals surface area (Å²) in [7, 11) is 0. The third-order valence-electron chi connectivity index (χ3n) is 2.54. The summed E-state index contributed by atoms with van der Waals surface area (Å²) in [4.78, 5) is 36.8. The molecular weight excluding hydrogens is 286 g/mol. The fourth-order valence-corrected chi connectivity index (χ4v) is 1.72. The summed E-state index contributed by atoms with van der Waals surface area (Å²) in [5.41, 5.74) is -0.435. The minimum Gasteiger partial charge on any atom is -0.292 e. The van der Waals surface area contributed by atoms with Gasteiger partial charge >= 0.3 is 5.69 Å². The summed E-state index contributed by atoms with van der Waals surface area (Å²) in [5, 5.41) is 10.7. The van der Waals surface area contributed by atoms with Gasteiger partial charge in [0, 0.05) is 23.9 Å². The molecule has 2 rings (SSSR count). The monoisotopic (exact) mass is 293 g/mol. The number of halogens is 1. The van der Waals surface area contributed by atoms with E-state index in [2.05, 4.69) is 4.98 Å². The highest BCUT2D eigenvalue weighted by Crippen LogP contribution is 2.13. The maximum Gasteiger partial charge on any atom is 0.348 e. The summed E-state index contributed by atoms with van der Waals surface area (Å²) >= 11 is 5.69. The molecule has 1 heterocycles. The van der Waals surface area contributed by atoms with Crippen LogP contribution >= 0.6 is 11.6 Å². The lowest BCUT2D eigenvalue weighted by molar-refractivity contribution is -0.384. The van der Waals surface area contributed by atoms with Gasteiger partial charge < -0.3 is 0 Å². The molecular formula is C12H8ClN3O4. The van der Waals surface area contributed by atoms with Gasteiger partial charge in [0.1, 0.15) is 0 Å². The summed E-state index contributed by atoms with van der Waals surface area (Å²) < 4.78 is 1.08. The van der Waals surface area contributed by atoms with Gasteiger partial charge in [0.05, 0.1) is 22.7 Å². The van der Waals surface area contributed by atoms with Crippen LogP contribution < -0.4 is 5.69 Å². The Balaban J connectivity index is 2.21. The first kappa shape index (κ1) is 13.9. The van der Waals surface area contributed by atoms with Gasteiger partial charge in [-0.2, -0.15) is 0 Å². The molecule has 7 nitrogen and oxygen atoms in total. The first-order valence-electron chi connectivity index (χ1n) is 5.47.